The minimum Gasteiger partial charge on any atom is -0.493 e. The fourth-order valence-electron chi connectivity index (χ4n) is 3.66. The summed E-state index contributed by atoms with van der Waals surface area (Å²) in [5.74, 6) is 0.941. The number of anilines is 1. The molecule has 0 radical (unpaired) electrons. The SMILES string of the molecule is COc1ccc(CCNC2CC(=O)N(c3ccc4cc[nH]c4c3)C2=O)cc1OC. The van der Waals surface area contributed by atoms with Gasteiger partial charge in [0.05, 0.1) is 32.4 Å². The Bertz CT molecular complexity index is 1060. The highest BCUT2D eigenvalue weighted by molar-refractivity contribution is 6.22. The lowest BCUT2D eigenvalue weighted by atomic mass is 10.1. The Labute approximate surface area is 168 Å². The number of methoxy groups -OCH3 is 2. The second kappa shape index (κ2) is 7.97. The number of amides is 2. The molecule has 1 aliphatic heterocycles. The molecule has 1 aliphatic rings. The van der Waals surface area contributed by atoms with Gasteiger partial charge in [0.1, 0.15) is 0 Å². The average Bonchev–Trinajstić information content (AvgIpc) is 3.31. The molecule has 1 atom stereocenters. The highest BCUT2D eigenvalue weighted by atomic mass is 16.5. The number of hydrogen-bond donors (Lipinski definition) is 2. The molecule has 3 aromatic rings. The first-order chi connectivity index (χ1) is 14.1. The summed E-state index contributed by atoms with van der Waals surface area (Å²) >= 11 is 0. The molecule has 1 saturated heterocycles. The van der Waals surface area contributed by atoms with Gasteiger partial charge in [-0.05, 0) is 54.2 Å². The van der Waals surface area contributed by atoms with Gasteiger partial charge in [-0.25, -0.2) is 4.90 Å². The van der Waals surface area contributed by atoms with Crippen molar-refractivity contribution in [2.75, 3.05) is 25.7 Å². The summed E-state index contributed by atoms with van der Waals surface area (Å²) in [5, 5.41) is 4.26. The van der Waals surface area contributed by atoms with Crippen LogP contribution in [0.5, 0.6) is 11.5 Å². The van der Waals surface area contributed by atoms with Crippen LogP contribution in [0.3, 0.4) is 0 Å². The second-order valence-corrected chi connectivity index (χ2v) is 6.97. The van der Waals surface area contributed by atoms with Gasteiger partial charge in [0.15, 0.2) is 11.5 Å². The number of nitrogens with one attached hydrogen (secondary N) is 2. The zero-order valence-electron chi connectivity index (χ0n) is 16.4. The Hall–Kier alpha value is -3.32. The molecular formula is C22H23N3O4. The van der Waals surface area contributed by atoms with Crippen LogP contribution in [-0.4, -0.2) is 43.6 Å². The van der Waals surface area contributed by atoms with E-state index in [2.05, 4.69) is 10.3 Å². The predicted octanol–water partition coefficient (Wildman–Crippen LogP) is 2.65. The third-order valence-corrected chi connectivity index (χ3v) is 5.20. The van der Waals surface area contributed by atoms with E-state index >= 15 is 0 Å². The minimum absolute atomic E-state index is 0.160. The van der Waals surface area contributed by atoms with E-state index in [-0.39, 0.29) is 18.2 Å². The summed E-state index contributed by atoms with van der Waals surface area (Å²) < 4.78 is 10.6. The van der Waals surface area contributed by atoms with Crippen LogP contribution in [0.25, 0.3) is 10.9 Å². The van der Waals surface area contributed by atoms with Crippen molar-refractivity contribution in [3.8, 4) is 11.5 Å². The largest absolute Gasteiger partial charge is 0.493 e. The van der Waals surface area contributed by atoms with Crippen molar-refractivity contribution < 1.29 is 19.1 Å². The van der Waals surface area contributed by atoms with Gasteiger partial charge in [-0.2, -0.15) is 0 Å². The van der Waals surface area contributed by atoms with E-state index in [0.717, 1.165) is 16.5 Å². The Morgan fingerprint density at radius 1 is 1.07 bits per heavy atom. The maximum absolute atomic E-state index is 12.8. The Morgan fingerprint density at radius 2 is 1.90 bits per heavy atom. The zero-order valence-corrected chi connectivity index (χ0v) is 16.4. The maximum atomic E-state index is 12.8. The van der Waals surface area contributed by atoms with E-state index in [9.17, 15) is 9.59 Å². The van der Waals surface area contributed by atoms with Crippen LogP contribution >= 0.6 is 0 Å². The summed E-state index contributed by atoms with van der Waals surface area (Å²) in [6.07, 6.45) is 2.70. The number of benzene rings is 2. The number of H-pyrrole nitrogens is 1. The monoisotopic (exact) mass is 393 g/mol. The molecule has 0 bridgehead atoms. The lowest BCUT2D eigenvalue weighted by Crippen LogP contribution is -2.39. The summed E-state index contributed by atoms with van der Waals surface area (Å²) in [7, 11) is 3.20. The van der Waals surface area contributed by atoms with Gasteiger partial charge in [0, 0.05) is 11.7 Å². The Morgan fingerprint density at radius 3 is 2.69 bits per heavy atom. The molecule has 0 saturated carbocycles. The third kappa shape index (κ3) is 3.69. The van der Waals surface area contributed by atoms with Crippen molar-refractivity contribution in [3.63, 3.8) is 0 Å². The quantitative estimate of drug-likeness (QED) is 0.603. The van der Waals surface area contributed by atoms with Gasteiger partial charge in [-0.3, -0.25) is 9.59 Å². The topological polar surface area (TPSA) is 83.7 Å². The molecule has 2 aromatic carbocycles. The summed E-state index contributed by atoms with van der Waals surface area (Å²) in [6.45, 7) is 0.572. The molecule has 2 heterocycles. The van der Waals surface area contributed by atoms with Crippen LogP contribution < -0.4 is 19.7 Å². The van der Waals surface area contributed by atoms with Gasteiger partial charge in [-0.1, -0.05) is 12.1 Å². The number of aromatic nitrogens is 1. The average molecular weight is 393 g/mol. The van der Waals surface area contributed by atoms with Crippen molar-refractivity contribution in [1.82, 2.24) is 10.3 Å². The van der Waals surface area contributed by atoms with Crippen molar-refractivity contribution in [3.05, 3.63) is 54.2 Å². The number of ether oxygens (including phenoxy) is 2. The smallest absolute Gasteiger partial charge is 0.251 e. The summed E-state index contributed by atoms with van der Waals surface area (Å²) in [5.41, 5.74) is 2.55. The van der Waals surface area contributed by atoms with E-state index in [1.165, 1.54) is 4.90 Å². The van der Waals surface area contributed by atoms with Gasteiger partial charge in [-0.15, -0.1) is 0 Å². The molecule has 1 unspecified atom stereocenters. The van der Waals surface area contributed by atoms with Crippen LogP contribution in [0.4, 0.5) is 5.69 Å². The maximum Gasteiger partial charge on any atom is 0.251 e. The van der Waals surface area contributed by atoms with Gasteiger partial charge in [0.2, 0.25) is 5.91 Å². The molecular weight excluding hydrogens is 370 g/mol. The first kappa shape index (κ1) is 19.0. The van der Waals surface area contributed by atoms with Gasteiger partial charge >= 0.3 is 0 Å². The van der Waals surface area contributed by atoms with Gasteiger partial charge in [0.25, 0.3) is 5.91 Å². The fourth-order valence-corrected chi connectivity index (χ4v) is 3.66. The fraction of sp³-hybridized carbons (Fsp3) is 0.273. The van der Waals surface area contributed by atoms with Crippen molar-refractivity contribution >= 4 is 28.4 Å². The number of rotatable bonds is 7. The molecule has 1 fully saturated rings. The minimum atomic E-state index is -0.512. The molecule has 7 nitrogen and oxygen atoms in total. The number of aromatic amines is 1. The summed E-state index contributed by atoms with van der Waals surface area (Å²) in [6, 6.07) is 12.7. The number of nitrogens with zero attached hydrogens (tertiary/aromatic N) is 1. The lowest BCUT2D eigenvalue weighted by Gasteiger charge is -2.16. The van der Waals surface area contributed by atoms with E-state index in [4.69, 9.17) is 9.47 Å². The Kier molecular flexibility index (Phi) is 5.22. The first-order valence-corrected chi connectivity index (χ1v) is 9.49. The predicted molar refractivity (Wildman–Crippen MR) is 110 cm³/mol. The van der Waals surface area contributed by atoms with Crippen LogP contribution in [0, 0.1) is 0 Å². The highest BCUT2D eigenvalue weighted by Gasteiger charge is 2.39. The van der Waals surface area contributed by atoms with Gasteiger partial charge < -0.3 is 19.8 Å². The van der Waals surface area contributed by atoms with Crippen LogP contribution in [0.1, 0.15) is 12.0 Å². The molecule has 4 rings (SSSR count). The number of fused-ring (bicyclic) bond motifs is 1. The van der Waals surface area contributed by atoms with Crippen LogP contribution in [-0.2, 0) is 16.0 Å². The molecule has 2 amide bonds. The lowest BCUT2D eigenvalue weighted by molar-refractivity contribution is -0.121. The third-order valence-electron chi connectivity index (χ3n) is 5.20. The van der Waals surface area contributed by atoms with Crippen molar-refractivity contribution in [2.24, 2.45) is 0 Å². The van der Waals surface area contributed by atoms with E-state index in [1.807, 2.05) is 42.6 Å². The molecule has 7 heteroatoms. The molecule has 150 valence electrons. The van der Waals surface area contributed by atoms with Crippen LogP contribution in [0.15, 0.2) is 48.7 Å². The number of carbonyl (C=O) groups excluding carboxylic acids is 2. The van der Waals surface area contributed by atoms with Crippen molar-refractivity contribution in [1.29, 1.82) is 0 Å². The molecule has 0 aliphatic carbocycles. The first-order valence-electron chi connectivity index (χ1n) is 9.49. The molecule has 0 spiro atoms. The van der Waals surface area contributed by atoms with E-state index in [0.29, 0.717) is 30.2 Å². The number of imide groups is 1. The Balaban J connectivity index is 1.40. The number of carbonyl (C=O) groups is 2. The standard InChI is InChI=1S/C22H23N3O4/c1-28-19-6-3-14(11-20(19)29-2)7-9-24-18-13-21(26)25(22(18)27)16-5-4-15-8-10-23-17(15)12-16/h3-6,8,10-12,18,23-24H,7,9,13H2,1-2H3. The van der Waals surface area contributed by atoms with E-state index in [1.54, 1.807) is 20.3 Å². The summed E-state index contributed by atoms with van der Waals surface area (Å²) in [4.78, 5) is 29.7. The number of hydrogen-bond acceptors (Lipinski definition) is 5. The van der Waals surface area contributed by atoms with Crippen LogP contribution in [0.2, 0.25) is 0 Å². The second-order valence-electron chi connectivity index (χ2n) is 6.97. The highest BCUT2D eigenvalue weighted by Crippen LogP contribution is 2.28. The normalized spacial score (nSPS) is 16.6. The van der Waals surface area contributed by atoms with E-state index < -0.39 is 6.04 Å². The van der Waals surface area contributed by atoms with Crippen molar-refractivity contribution in [2.45, 2.75) is 18.9 Å². The molecule has 2 N–H and O–H groups in total. The molecule has 29 heavy (non-hydrogen) atoms. The molecule has 1 aromatic heterocycles. The zero-order chi connectivity index (χ0) is 20.4.